The summed E-state index contributed by atoms with van der Waals surface area (Å²) in [5.41, 5.74) is -0.124. The molecular formula is C10H12N6OS. The van der Waals surface area contributed by atoms with E-state index in [-0.39, 0.29) is 5.69 Å². The minimum absolute atomic E-state index is 0.124. The maximum atomic E-state index is 11.4. The van der Waals surface area contributed by atoms with Gasteiger partial charge in [0.05, 0.1) is 6.54 Å². The summed E-state index contributed by atoms with van der Waals surface area (Å²) in [6, 6.07) is 0. The lowest BCUT2D eigenvalue weighted by Gasteiger charge is -2.25. The number of aromatic amines is 1. The summed E-state index contributed by atoms with van der Waals surface area (Å²) >= 11 is 1.45. The van der Waals surface area contributed by atoms with Crippen molar-refractivity contribution in [3.8, 4) is 0 Å². The van der Waals surface area contributed by atoms with Crippen molar-refractivity contribution in [2.75, 3.05) is 11.4 Å². The fourth-order valence-electron chi connectivity index (χ4n) is 2.20. The van der Waals surface area contributed by atoms with Crippen molar-refractivity contribution in [1.29, 1.82) is 0 Å². The smallest absolute Gasteiger partial charge is 0.338 e. The Labute approximate surface area is 107 Å². The highest BCUT2D eigenvalue weighted by atomic mass is 32.1. The van der Waals surface area contributed by atoms with E-state index in [0.29, 0.717) is 19.0 Å². The SMILES string of the molecule is O=c1[nH]nc2n1CCN(c1nc(C3CC3)ns1)C2. The summed E-state index contributed by atoms with van der Waals surface area (Å²) in [5.74, 6) is 2.35. The average Bonchev–Trinajstić information content (AvgIpc) is 3.01. The molecule has 0 aromatic carbocycles. The quantitative estimate of drug-likeness (QED) is 0.845. The number of hydrogen-bond acceptors (Lipinski definition) is 6. The number of hydrogen-bond donors (Lipinski definition) is 1. The van der Waals surface area contributed by atoms with Crippen molar-refractivity contribution in [1.82, 2.24) is 24.1 Å². The van der Waals surface area contributed by atoms with Gasteiger partial charge in [-0.1, -0.05) is 0 Å². The molecule has 0 bridgehead atoms. The number of nitrogens with zero attached hydrogens (tertiary/aromatic N) is 5. The number of rotatable bonds is 2. The monoisotopic (exact) mass is 264 g/mol. The minimum atomic E-state index is -0.124. The molecule has 0 amide bonds. The van der Waals surface area contributed by atoms with E-state index in [1.165, 1.54) is 24.4 Å². The lowest BCUT2D eigenvalue weighted by atomic mass is 10.4. The molecule has 8 heteroatoms. The topological polar surface area (TPSA) is 79.7 Å². The first-order chi connectivity index (χ1) is 8.81. The van der Waals surface area contributed by atoms with Crippen LogP contribution in [0.3, 0.4) is 0 Å². The van der Waals surface area contributed by atoms with Crippen molar-refractivity contribution in [3.63, 3.8) is 0 Å². The zero-order valence-electron chi connectivity index (χ0n) is 9.67. The predicted molar refractivity (Wildman–Crippen MR) is 65.8 cm³/mol. The van der Waals surface area contributed by atoms with E-state index in [4.69, 9.17) is 0 Å². The summed E-state index contributed by atoms with van der Waals surface area (Å²) in [6.45, 7) is 2.06. The number of H-pyrrole nitrogens is 1. The van der Waals surface area contributed by atoms with E-state index in [1.54, 1.807) is 4.57 Å². The lowest BCUT2D eigenvalue weighted by molar-refractivity contribution is 0.548. The lowest BCUT2D eigenvalue weighted by Crippen LogP contribution is -2.37. The second kappa shape index (κ2) is 3.64. The van der Waals surface area contributed by atoms with Crippen LogP contribution in [0.1, 0.15) is 30.4 Å². The van der Waals surface area contributed by atoms with Gasteiger partial charge in [0.25, 0.3) is 0 Å². The van der Waals surface area contributed by atoms with Gasteiger partial charge < -0.3 is 4.90 Å². The van der Waals surface area contributed by atoms with Gasteiger partial charge in [-0.05, 0) is 12.8 Å². The molecule has 1 N–H and O–H groups in total. The number of aromatic nitrogens is 5. The molecule has 0 atom stereocenters. The van der Waals surface area contributed by atoms with Crippen LogP contribution < -0.4 is 10.6 Å². The number of fused-ring (bicyclic) bond motifs is 1. The Morgan fingerprint density at radius 1 is 1.33 bits per heavy atom. The van der Waals surface area contributed by atoms with E-state index in [9.17, 15) is 4.79 Å². The largest absolute Gasteiger partial charge is 0.343 e. The van der Waals surface area contributed by atoms with Gasteiger partial charge in [-0.15, -0.1) is 0 Å². The fourth-order valence-corrected chi connectivity index (χ4v) is 2.97. The normalized spacial score (nSPS) is 19.0. The molecule has 3 heterocycles. The molecule has 0 spiro atoms. The Kier molecular flexibility index (Phi) is 2.07. The first-order valence-corrected chi connectivity index (χ1v) is 6.81. The molecule has 4 rings (SSSR count). The highest BCUT2D eigenvalue weighted by Crippen LogP contribution is 2.39. The van der Waals surface area contributed by atoms with Crippen LogP contribution >= 0.6 is 11.5 Å². The van der Waals surface area contributed by atoms with Crippen molar-refractivity contribution in [3.05, 3.63) is 22.1 Å². The molecule has 94 valence electrons. The van der Waals surface area contributed by atoms with Gasteiger partial charge in [0.1, 0.15) is 5.82 Å². The molecule has 2 aromatic heterocycles. The van der Waals surface area contributed by atoms with E-state index in [0.717, 1.165) is 23.3 Å². The third-order valence-corrected chi connectivity index (χ3v) is 4.20. The zero-order chi connectivity index (χ0) is 12.1. The van der Waals surface area contributed by atoms with Crippen molar-refractivity contribution < 1.29 is 0 Å². The molecule has 2 aromatic rings. The molecule has 2 aliphatic rings. The Hall–Kier alpha value is -1.70. The summed E-state index contributed by atoms with van der Waals surface area (Å²) in [7, 11) is 0. The highest BCUT2D eigenvalue weighted by Gasteiger charge is 2.29. The molecule has 18 heavy (non-hydrogen) atoms. The molecule has 1 aliphatic carbocycles. The molecule has 0 unspecified atom stereocenters. The van der Waals surface area contributed by atoms with Gasteiger partial charge in [-0.25, -0.2) is 14.9 Å². The fraction of sp³-hybridized carbons (Fsp3) is 0.600. The maximum Gasteiger partial charge on any atom is 0.343 e. The maximum absolute atomic E-state index is 11.4. The molecule has 0 radical (unpaired) electrons. The Morgan fingerprint density at radius 3 is 3.06 bits per heavy atom. The molecule has 1 fully saturated rings. The molecule has 0 saturated heterocycles. The van der Waals surface area contributed by atoms with Crippen molar-refractivity contribution in [2.24, 2.45) is 0 Å². The van der Waals surface area contributed by atoms with Crippen molar-refractivity contribution in [2.45, 2.75) is 31.8 Å². The highest BCUT2D eigenvalue weighted by molar-refractivity contribution is 7.09. The summed E-state index contributed by atoms with van der Waals surface area (Å²) in [5, 5.41) is 7.45. The Bertz CT molecular complexity index is 639. The van der Waals surface area contributed by atoms with Crippen LogP contribution in [0, 0.1) is 0 Å². The van der Waals surface area contributed by atoms with E-state index < -0.39 is 0 Å². The average molecular weight is 264 g/mol. The Morgan fingerprint density at radius 2 is 2.22 bits per heavy atom. The summed E-state index contributed by atoms with van der Waals surface area (Å²) in [6.07, 6.45) is 2.43. The predicted octanol–water partition coefficient (Wildman–Crippen LogP) is 0.320. The van der Waals surface area contributed by atoms with Gasteiger partial charge in [0.2, 0.25) is 5.13 Å². The van der Waals surface area contributed by atoms with Gasteiger partial charge in [-0.2, -0.15) is 9.47 Å². The van der Waals surface area contributed by atoms with Gasteiger partial charge in [-0.3, -0.25) is 4.57 Å². The summed E-state index contributed by atoms with van der Waals surface area (Å²) in [4.78, 5) is 18.1. The van der Waals surface area contributed by atoms with Crippen LogP contribution in [0.5, 0.6) is 0 Å². The Balaban J connectivity index is 1.60. The van der Waals surface area contributed by atoms with Gasteiger partial charge in [0.15, 0.2) is 5.82 Å². The summed E-state index contributed by atoms with van der Waals surface area (Å²) < 4.78 is 6.09. The van der Waals surface area contributed by atoms with Crippen LogP contribution in [0.2, 0.25) is 0 Å². The second-order valence-electron chi connectivity index (χ2n) is 4.73. The first-order valence-electron chi connectivity index (χ1n) is 6.04. The molecule has 7 nitrogen and oxygen atoms in total. The van der Waals surface area contributed by atoms with E-state index in [1.807, 2.05) is 0 Å². The van der Waals surface area contributed by atoms with Gasteiger partial charge >= 0.3 is 5.69 Å². The van der Waals surface area contributed by atoms with Crippen LogP contribution in [-0.4, -0.2) is 30.7 Å². The molecular weight excluding hydrogens is 252 g/mol. The zero-order valence-corrected chi connectivity index (χ0v) is 10.5. The molecule has 1 saturated carbocycles. The number of anilines is 1. The van der Waals surface area contributed by atoms with Crippen LogP contribution in [-0.2, 0) is 13.1 Å². The van der Waals surface area contributed by atoms with Crippen LogP contribution in [0.4, 0.5) is 5.13 Å². The van der Waals surface area contributed by atoms with E-state index >= 15 is 0 Å². The third kappa shape index (κ3) is 1.56. The first kappa shape index (κ1) is 10.2. The van der Waals surface area contributed by atoms with Crippen LogP contribution in [0.15, 0.2) is 4.79 Å². The third-order valence-electron chi connectivity index (χ3n) is 3.41. The second-order valence-corrected chi connectivity index (χ2v) is 5.46. The van der Waals surface area contributed by atoms with Crippen molar-refractivity contribution >= 4 is 16.7 Å². The minimum Gasteiger partial charge on any atom is -0.338 e. The number of nitrogens with one attached hydrogen (secondary N) is 1. The standard InChI is InChI=1S/C10H12N6OS/c17-9-13-12-7-5-15(3-4-16(7)9)10-11-8(14-18-10)6-1-2-6/h6H,1-5H2,(H,13,17). The van der Waals surface area contributed by atoms with Crippen LogP contribution in [0.25, 0.3) is 0 Å². The molecule has 1 aliphatic heterocycles. The van der Waals surface area contributed by atoms with E-state index in [2.05, 4.69) is 24.5 Å². The van der Waals surface area contributed by atoms with Gasteiger partial charge in [0, 0.05) is 30.5 Å².